The minimum Gasteiger partial charge on any atom is -0.480 e. The lowest BCUT2D eigenvalue weighted by molar-refractivity contribution is -0.140. The maximum atomic E-state index is 12.5. The molecule has 2 fully saturated rings. The van der Waals surface area contributed by atoms with Crippen molar-refractivity contribution in [3.05, 3.63) is 30.1 Å². The fraction of sp³-hybridized carbons (Fsp3) is 0.550. The van der Waals surface area contributed by atoms with Gasteiger partial charge in [0.15, 0.2) is 0 Å². The third-order valence-electron chi connectivity index (χ3n) is 5.67. The first-order chi connectivity index (χ1) is 13.0. The zero-order chi connectivity index (χ0) is 19.0. The van der Waals surface area contributed by atoms with Gasteiger partial charge in [0, 0.05) is 18.6 Å². The smallest absolute Gasteiger partial charge is 0.317 e. The number of benzene rings is 1. The van der Waals surface area contributed by atoms with Crippen LogP contribution in [0.5, 0.6) is 0 Å². The molecule has 0 aliphatic heterocycles. The average Bonchev–Trinajstić information content (AvgIpc) is 3.34. The molecule has 1 aromatic carbocycles. The minimum absolute atomic E-state index is 0.0170. The summed E-state index contributed by atoms with van der Waals surface area (Å²) in [7, 11) is 0. The van der Waals surface area contributed by atoms with E-state index in [-0.39, 0.29) is 31.1 Å². The van der Waals surface area contributed by atoms with Gasteiger partial charge in [-0.2, -0.15) is 0 Å². The molecule has 0 saturated heterocycles. The van der Waals surface area contributed by atoms with Gasteiger partial charge >= 0.3 is 5.97 Å². The molecule has 1 amide bonds. The quantitative estimate of drug-likeness (QED) is 0.740. The number of nitrogens with one attached hydrogen (secondary N) is 1. The number of aliphatic carboxylic acids is 1. The number of rotatable bonds is 8. The highest BCUT2D eigenvalue weighted by molar-refractivity contribution is 5.81. The third-order valence-corrected chi connectivity index (χ3v) is 5.67. The van der Waals surface area contributed by atoms with E-state index >= 15 is 0 Å². The van der Waals surface area contributed by atoms with E-state index in [1.165, 1.54) is 12.8 Å². The number of amides is 1. The first-order valence-corrected chi connectivity index (χ1v) is 9.66. The normalized spacial score (nSPS) is 22.0. The molecule has 7 heteroatoms. The molecule has 0 radical (unpaired) electrons. The van der Waals surface area contributed by atoms with Crippen LogP contribution in [0.2, 0.25) is 0 Å². The van der Waals surface area contributed by atoms with Crippen LogP contribution in [0.4, 0.5) is 0 Å². The molecule has 2 saturated carbocycles. The van der Waals surface area contributed by atoms with E-state index in [9.17, 15) is 9.59 Å². The largest absolute Gasteiger partial charge is 0.480 e. The Hall–Kier alpha value is -2.41. The van der Waals surface area contributed by atoms with Crippen LogP contribution in [0, 0.1) is 12.8 Å². The predicted octanol–water partition coefficient (Wildman–Crippen LogP) is 1.79. The SMILES string of the molecule is Cc1nc2ccccc2n1CC(=O)NC1CC(N(CC(=O)O)CC2CC2)C1. The molecule has 2 aromatic rings. The van der Waals surface area contributed by atoms with Crippen LogP contribution in [-0.4, -0.2) is 56.6 Å². The fourth-order valence-corrected chi connectivity index (χ4v) is 3.96. The van der Waals surface area contributed by atoms with Crippen molar-refractivity contribution in [1.82, 2.24) is 19.8 Å². The Bertz CT molecular complexity index is 852. The molecule has 0 unspecified atom stereocenters. The molecular formula is C20H26N4O3. The Labute approximate surface area is 158 Å². The zero-order valence-corrected chi connectivity index (χ0v) is 15.6. The van der Waals surface area contributed by atoms with Crippen LogP contribution in [0.15, 0.2) is 24.3 Å². The van der Waals surface area contributed by atoms with Gasteiger partial charge in [0.05, 0.1) is 17.6 Å². The molecule has 2 aliphatic carbocycles. The average molecular weight is 370 g/mol. The monoisotopic (exact) mass is 370 g/mol. The lowest BCUT2D eigenvalue weighted by Gasteiger charge is -2.42. The summed E-state index contributed by atoms with van der Waals surface area (Å²) in [5, 5.41) is 12.2. The van der Waals surface area contributed by atoms with Crippen molar-refractivity contribution in [3.63, 3.8) is 0 Å². The molecule has 0 atom stereocenters. The maximum Gasteiger partial charge on any atom is 0.317 e. The van der Waals surface area contributed by atoms with Crippen molar-refractivity contribution in [2.75, 3.05) is 13.1 Å². The molecule has 2 N–H and O–H groups in total. The lowest BCUT2D eigenvalue weighted by Crippen LogP contribution is -2.55. The molecule has 7 nitrogen and oxygen atoms in total. The summed E-state index contributed by atoms with van der Waals surface area (Å²) in [6.07, 6.45) is 4.08. The van der Waals surface area contributed by atoms with Crippen molar-refractivity contribution < 1.29 is 14.7 Å². The summed E-state index contributed by atoms with van der Waals surface area (Å²) in [4.78, 5) is 30.2. The number of carbonyl (C=O) groups excluding carboxylic acids is 1. The predicted molar refractivity (Wildman–Crippen MR) is 101 cm³/mol. The van der Waals surface area contributed by atoms with Crippen molar-refractivity contribution >= 4 is 22.9 Å². The number of carboxylic acid groups (broad SMARTS) is 1. The second-order valence-corrected chi connectivity index (χ2v) is 7.89. The van der Waals surface area contributed by atoms with Crippen molar-refractivity contribution in [1.29, 1.82) is 0 Å². The summed E-state index contributed by atoms with van der Waals surface area (Å²) in [6, 6.07) is 8.22. The van der Waals surface area contributed by atoms with Gasteiger partial charge < -0.3 is 15.0 Å². The Morgan fingerprint density at radius 3 is 2.74 bits per heavy atom. The maximum absolute atomic E-state index is 12.5. The number of aryl methyl sites for hydroxylation is 1. The van der Waals surface area contributed by atoms with E-state index in [4.69, 9.17) is 5.11 Å². The third kappa shape index (κ3) is 4.13. The van der Waals surface area contributed by atoms with Gasteiger partial charge in [-0.3, -0.25) is 14.5 Å². The van der Waals surface area contributed by atoms with E-state index in [0.717, 1.165) is 36.2 Å². The molecule has 0 spiro atoms. The Kier molecular flexibility index (Phi) is 4.86. The van der Waals surface area contributed by atoms with Crippen LogP contribution in [0.3, 0.4) is 0 Å². The van der Waals surface area contributed by atoms with Gasteiger partial charge in [0.25, 0.3) is 0 Å². The topological polar surface area (TPSA) is 87.5 Å². The standard InChI is InChI=1S/C20H26N4O3/c1-13-21-17-4-2-3-5-18(17)24(13)11-19(25)22-15-8-16(9-15)23(12-20(26)27)10-14-6-7-14/h2-5,14-16H,6-12H2,1H3,(H,22,25)(H,26,27). The first kappa shape index (κ1) is 18.0. The van der Waals surface area contributed by atoms with E-state index in [1.54, 1.807) is 0 Å². The van der Waals surface area contributed by atoms with E-state index in [0.29, 0.717) is 5.92 Å². The summed E-state index contributed by atoms with van der Waals surface area (Å²) in [5.41, 5.74) is 1.87. The number of aromatic nitrogens is 2. The van der Waals surface area contributed by atoms with Crippen LogP contribution in [0.25, 0.3) is 11.0 Å². The minimum atomic E-state index is -0.773. The van der Waals surface area contributed by atoms with Gasteiger partial charge in [-0.25, -0.2) is 4.98 Å². The fourth-order valence-electron chi connectivity index (χ4n) is 3.96. The van der Waals surface area contributed by atoms with Crippen LogP contribution < -0.4 is 5.32 Å². The number of carboxylic acids is 1. The number of nitrogens with zero attached hydrogens (tertiary/aromatic N) is 3. The molecule has 144 valence electrons. The van der Waals surface area contributed by atoms with Gasteiger partial charge in [-0.15, -0.1) is 0 Å². The van der Waals surface area contributed by atoms with Gasteiger partial charge in [0.2, 0.25) is 5.91 Å². The van der Waals surface area contributed by atoms with Gasteiger partial charge in [-0.1, -0.05) is 12.1 Å². The molecule has 1 aromatic heterocycles. The van der Waals surface area contributed by atoms with Crippen LogP contribution >= 0.6 is 0 Å². The van der Waals surface area contributed by atoms with Crippen molar-refractivity contribution in [2.45, 2.75) is 51.2 Å². The number of imidazole rings is 1. The molecule has 27 heavy (non-hydrogen) atoms. The van der Waals surface area contributed by atoms with E-state index < -0.39 is 5.97 Å². The Morgan fingerprint density at radius 2 is 2.04 bits per heavy atom. The number of carbonyl (C=O) groups is 2. The van der Waals surface area contributed by atoms with Crippen LogP contribution in [-0.2, 0) is 16.1 Å². The Morgan fingerprint density at radius 1 is 1.30 bits per heavy atom. The second-order valence-electron chi connectivity index (χ2n) is 7.89. The number of fused-ring (bicyclic) bond motifs is 1. The molecule has 0 bridgehead atoms. The highest BCUT2D eigenvalue weighted by Gasteiger charge is 2.37. The second kappa shape index (κ2) is 7.31. The summed E-state index contributed by atoms with van der Waals surface area (Å²) in [5.74, 6) is 0.702. The van der Waals surface area contributed by atoms with Gasteiger partial charge in [-0.05, 0) is 50.7 Å². The summed E-state index contributed by atoms with van der Waals surface area (Å²) >= 11 is 0. The van der Waals surface area contributed by atoms with Crippen molar-refractivity contribution in [3.8, 4) is 0 Å². The van der Waals surface area contributed by atoms with E-state index in [1.807, 2.05) is 35.8 Å². The zero-order valence-electron chi connectivity index (χ0n) is 15.6. The van der Waals surface area contributed by atoms with Crippen molar-refractivity contribution in [2.24, 2.45) is 5.92 Å². The number of para-hydroxylation sites is 2. The molecular weight excluding hydrogens is 344 g/mol. The summed E-state index contributed by atoms with van der Waals surface area (Å²) in [6.45, 7) is 3.14. The number of hydrogen-bond acceptors (Lipinski definition) is 4. The summed E-state index contributed by atoms with van der Waals surface area (Å²) < 4.78 is 1.94. The highest BCUT2D eigenvalue weighted by atomic mass is 16.4. The number of hydrogen-bond donors (Lipinski definition) is 2. The molecule has 1 heterocycles. The van der Waals surface area contributed by atoms with E-state index in [2.05, 4.69) is 15.2 Å². The highest BCUT2D eigenvalue weighted by Crippen LogP contribution is 2.33. The lowest BCUT2D eigenvalue weighted by atomic mass is 9.85. The Balaban J connectivity index is 1.30. The first-order valence-electron chi connectivity index (χ1n) is 9.66. The molecule has 2 aliphatic rings. The van der Waals surface area contributed by atoms with Crippen LogP contribution in [0.1, 0.15) is 31.5 Å². The molecule has 4 rings (SSSR count). The van der Waals surface area contributed by atoms with Gasteiger partial charge in [0.1, 0.15) is 12.4 Å².